The zero-order chi connectivity index (χ0) is 10.8. The first-order chi connectivity index (χ1) is 6.28. The highest BCUT2D eigenvalue weighted by Gasteiger charge is 2.68. The quantitative estimate of drug-likeness (QED) is 0.683. The molecule has 82 valence electrons. The molecule has 0 amide bonds. The average Bonchev–Trinajstić information content (AvgIpc) is 2.34. The van der Waals surface area contributed by atoms with Crippen LogP contribution in [0.4, 0.5) is 0 Å². The molecule has 0 aromatic heterocycles. The second kappa shape index (κ2) is 2.55. The molecular formula is C13H25N. The Morgan fingerprint density at radius 1 is 1.14 bits per heavy atom. The fraction of sp³-hybridized carbons (Fsp3) is 1.00. The highest BCUT2D eigenvalue weighted by Crippen LogP contribution is 2.73. The Morgan fingerprint density at radius 2 is 1.71 bits per heavy atom. The third-order valence-electron chi connectivity index (χ3n) is 6.27. The predicted octanol–water partition coefficient (Wildman–Crippen LogP) is 3.19. The molecule has 2 aliphatic carbocycles. The second-order valence-electron chi connectivity index (χ2n) is 6.66. The molecule has 2 bridgehead atoms. The third-order valence-corrected chi connectivity index (χ3v) is 6.27. The standard InChI is InChI=1S/C13H25N/c1-9(2)13-7-6-12(5,10(14)8-13)11(13,3)4/h9-10H,6-8,14H2,1-5H3/t10-,12+,13-/m1/s1. The lowest BCUT2D eigenvalue weighted by Crippen LogP contribution is -2.41. The zero-order valence-electron chi connectivity index (χ0n) is 10.4. The largest absolute Gasteiger partial charge is 0.327 e. The van der Waals surface area contributed by atoms with Gasteiger partial charge in [0.25, 0.3) is 0 Å². The van der Waals surface area contributed by atoms with Gasteiger partial charge in [0.05, 0.1) is 0 Å². The van der Waals surface area contributed by atoms with Crippen LogP contribution < -0.4 is 5.73 Å². The van der Waals surface area contributed by atoms with Crippen LogP contribution in [0.5, 0.6) is 0 Å². The Balaban J connectivity index is 2.49. The van der Waals surface area contributed by atoms with E-state index in [2.05, 4.69) is 34.6 Å². The summed E-state index contributed by atoms with van der Waals surface area (Å²) in [5.41, 5.74) is 7.68. The SMILES string of the molecule is CC(C)[C@@]12CC[C@@](C)([C@H](N)C1)C2(C)C. The summed E-state index contributed by atoms with van der Waals surface area (Å²) in [4.78, 5) is 0. The van der Waals surface area contributed by atoms with Gasteiger partial charge in [0.2, 0.25) is 0 Å². The molecule has 0 unspecified atom stereocenters. The van der Waals surface area contributed by atoms with Crippen molar-refractivity contribution in [2.45, 2.75) is 59.9 Å². The van der Waals surface area contributed by atoms with Gasteiger partial charge < -0.3 is 5.73 Å². The minimum absolute atomic E-state index is 0.386. The van der Waals surface area contributed by atoms with Crippen molar-refractivity contribution in [2.75, 3.05) is 0 Å². The van der Waals surface area contributed by atoms with Gasteiger partial charge in [-0.25, -0.2) is 0 Å². The van der Waals surface area contributed by atoms with Crippen LogP contribution in [0.15, 0.2) is 0 Å². The van der Waals surface area contributed by atoms with Crippen molar-refractivity contribution >= 4 is 0 Å². The fourth-order valence-corrected chi connectivity index (χ4v) is 4.55. The monoisotopic (exact) mass is 195 g/mol. The molecule has 2 N–H and O–H groups in total. The molecule has 2 aliphatic rings. The molecule has 0 spiro atoms. The Morgan fingerprint density at radius 3 is 1.93 bits per heavy atom. The molecule has 0 radical (unpaired) electrons. The van der Waals surface area contributed by atoms with Crippen molar-refractivity contribution in [1.29, 1.82) is 0 Å². The maximum absolute atomic E-state index is 6.35. The summed E-state index contributed by atoms with van der Waals surface area (Å²) in [5.74, 6) is 0.771. The number of rotatable bonds is 1. The first-order valence-electron chi connectivity index (χ1n) is 6.03. The normalized spacial score (nSPS) is 50.4. The van der Waals surface area contributed by atoms with Crippen molar-refractivity contribution in [3.63, 3.8) is 0 Å². The molecule has 0 aromatic carbocycles. The van der Waals surface area contributed by atoms with E-state index in [1.165, 1.54) is 19.3 Å². The van der Waals surface area contributed by atoms with Gasteiger partial charge in [0.1, 0.15) is 0 Å². The maximum atomic E-state index is 6.35. The van der Waals surface area contributed by atoms with Gasteiger partial charge in [-0.15, -0.1) is 0 Å². The molecule has 3 atom stereocenters. The van der Waals surface area contributed by atoms with Crippen LogP contribution in [0, 0.1) is 22.2 Å². The molecule has 2 rings (SSSR count). The van der Waals surface area contributed by atoms with Crippen molar-refractivity contribution < 1.29 is 0 Å². The van der Waals surface area contributed by atoms with Crippen molar-refractivity contribution in [1.82, 2.24) is 0 Å². The number of fused-ring (bicyclic) bond motifs is 2. The van der Waals surface area contributed by atoms with E-state index in [1.54, 1.807) is 0 Å². The minimum atomic E-state index is 0.386. The molecule has 1 nitrogen and oxygen atoms in total. The summed E-state index contributed by atoms with van der Waals surface area (Å²) in [6.07, 6.45) is 3.97. The summed E-state index contributed by atoms with van der Waals surface area (Å²) in [5, 5.41) is 0. The van der Waals surface area contributed by atoms with E-state index in [4.69, 9.17) is 5.73 Å². The first-order valence-corrected chi connectivity index (χ1v) is 6.03. The van der Waals surface area contributed by atoms with Gasteiger partial charge in [-0.2, -0.15) is 0 Å². The van der Waals surface area contributed by atoms with E-state index in [0.29, 0.717) is 22.3 Å². The lowest BCUT2D eigenvalue weighted by Gasteiger charge is -2.44. The van der Waals surface area contributed by atoms with Crippen LogP contribution in [0.25, 0.3) is 0 Å². The molecule has 0 saturated heterocycles. The van der Waals surface area contributed by atoms with Crippen molar-refractivity contribution in [3.8, 4) is 0 Å². The molecule has 1 heteroatoms. The molecule has 2 saturated carbocycles. The minimum Gasteiger partial charge on any atom is -0.327 e. The summed E-state index contributed by atoms with van der Waals surface area (Å²) in [6, 6.07) is 0.425. The van der Waals surface area contributed by atoms with Crippen LogP contribution >= 0.6 is 0 Å². The third kappa shape index (κ3) is 0.816. The summed E-state index contributed by atoms with van der Waals surface area (Å²) < 4.78 is 0. The number of nitrogens with two attached hydrogens (primary N) is 1. The molecule has 0 aliphatic heterocycles. The Hall–Kier alpha value is -0.0400. The van der Waals surface area contributed by atoms with E-state index >= 15 is 0 Å². The Labute approximate surface area is 88.4 Å². The van der Waals surface area contributed by atoms with E-state index in [9.17, 15) is 0 Å². The van der Waals surface area contributed by atoms with Crippen LogP contribution in [0.3, 0.4) is 0 Å². The van der Waals surface area contributed by atoms with Crippen LogP contribution in [0.1, 0.15) is 53.9 Å². The van der Waals surface area contributed by atoms with Crippen LogP contribution in [0.2, 0.25) is 0 Å². The molecule has 2 fully saturated rings. The lowest BCUT2D eigenvalue weighted by molar-refractivity contribution is 0.0426. The molecule has 0 heterocycles. The van der Waals surface area contributed by atoms with E-state index in [-0.39, 0.29) is 0 Å². The van der Waals surface area contributed by atoms with Crippen molar-refractivity contribution in [3.05, 3.63) is 0 Å². The van der Waals surface area contributed by atoms with Crippen molar-refractivity contribution in [2.24, 2.45) is 27.9 Å². The van der Waals surface area contributed by atoms with Gasteiger partial charge >= 0.3 is 0 Å². The van der Waals surface area contributed by atoms with Gasteiger partial charge in [-0.3, -0.25) is 0 Å². The Kier molecular flexibility index (Phi) is 1.91. The summed E-state index contributed by atoms with van der Waals surface area (Å²) in [7, 11) is 0. The molecular weight excluding hydrogens is 170 g/mol. The zero-order valence-corrected chi connectivity index (χ0v) is 10.4. The Bertz CT molecular complexity index is 256. The van der Waals surface area contributed by atoms with E-state index in [0.717, 1.165) is 5.92 Å². The lowest BCUT2D eigenvalue weighted by atomic mass is 9.60. The average molecular weight is 195 g/mol. The van der Waals surface area contributed by atoms with Gasteiger partial charge in [0, 0.05) is 6.04 Å². The topological polar surface area (TPSA) is 26.0 Å². The first kappa shape index (κ1) is 10.5. The molecule has 14 heavy (non-hydrogen) atoms. The highest BCUT2D eigenvalue weighted by atomic mass is 14.8. The maximum Gasteiger partial charge on any atom is 0.0104 e. The smallest absolute Gasteiger partial charge is 0.0104 e. The van der Waals surface area contributed by atoms with Crippen LogP contribution in [-0.4, -0.2) is 6.04 Å². The fourth-order valence-electron chi connectivity index (χ4n) is 4.55. The van der Waals surface area contributed by atoms with E-state index < -0.39 is 0 Å². The van der Waals surface area contributed by atoms with Gasteiger partial charge in [-0.1, -0.05) is 34.6 Å². The number of hydrogen-bond acceptors (Lipinski definition) is 1. The summed E-state index contributed by atoms with van der Waals surface area (Å²) in [6.45, 7) is 12.1. The van der Waals surface area contributed by atoms with E-state index in [1.807, 2.05) is 0 Å². The summed E-state index contributed by atoms with van der Waals surface area (Å²) >= 11 is 0. The number of hydrogen-bond donors (Lipinski definition) is 1. The van der Waals surface area contributed by atoms with Gasteiger partial charge in [-0.05, 0) is 41.4 Å². The molecule has 0 aromatic rings. The second-order valence-corrected chi connectivity index (χ2v) is 6.66. The van der Waals surface area contributed by atoms with Gasteiger partial charge in [0.15, 0.2) is 0 Å². The van der Waals surface area contributed by atoms with Crippen LogP contribution in [-0.2, 0) is 0 Å². The predicted molar refractivity (Wildman–Crippen MR) is 61.0 cm³/mol. The highest BCUT2D eigenvalue weighted by molar-refractivity contribution is 5.19.